The molecule has 0 bridgehead atoms. The summed E-state index contributed by atoms with van der Waals surface area (Å²) in [6.45, 7) is 10.5. The standard InChI is InChI=1S/C21H29NO2S/c1-15(2)14-18-6-12-21(13-7-18)25(23,24)22-17(5)20-10-8-19(9-11-20)16(3)4/h6-13,15-17,22H,14H2,1-5H3. The summed E-state index contributed by atoms with van der Waals surface area (Å²) in [5.41, 5.74) is 3.37. The molecule has 0 radical (unpaired) electrons. The summed E-state index contributed by atoms with van der Waals surface area (Å²) in [7, 11) is -3.53. The molecule has 3 nitrogen and oxygen atoms in total. The maximum atomic E-state index is 12.6. The van der Waals surface area contributed by atoms with Crippen LogP contribution in [0.2, 0.25) is 0 Å². The number of nitrogens with one attached hydrogen (secondary N) is 1. The summed E-state index contributed by atoms with van der Waals surface area (Å²) in [6.07, 6.45) is 0.951. The van der Waals surface area contributed by atoms with Gasteiger partial charge in [-0.3, -0.25) is 0 Å². The van der Waals surface area contributed by atoms with Crippen LogP contribution >= 0.6 is 0 Å². The smallest absolute Gasteiger partial charge is 0.207 e. The van der Waals surface area contributed by atoms with Gasteiger partial charge in [0.2, 0.25) is 10.0 Å². The van der Waals surface area contributed by atoms with Crippen LogP contribution in [-0.2, 0) is 16.4 Å². The Labute approximate surface area is 152 Å². The van der Waals surface area contributed by atoms with Gasteiger partial charge in [0, 0.05) is 6.04 Å². The van der Waals surface area contributed by atoms with Gasteiger partial charge in [0.1, 0.15) is 0 Å². The molecule has 0 saturated heterocycles. The fraction of sp³-hybridized carbons (Fsp3) is 0.429. The van der Waals surface area contributed by atoms with Gasteiger partial charge >= 0.3 is 0 Å². The minimum absolute atomic E-state index is 0.276. The van der Waals surface area contributed by atoms with Gasteiger partial charge in [-0.05, 0) is 54.0 Å². The minimum Gasteiger partial charge on any atom is -0.207 e. The third-order valence-corrected chi connectivity index (χ3v) is 5.87. The molecular weight excluding hydrogens is 330 g/mol. The lowest BCUT2D eigenvalue weighted by atomic mass is 10.00. The molecule has 0 aliphatic carbocycles. The molecule has 0 saturated carbocycles. The van der Waals surface area contributed by atoms with E-state index in [0.29, 0.717) is 16.7 Å². The molecule has 0 heterocycles. The second-order valence-electron chi connectivity index (χ2n) is 7.41. The van der Waals surface area contributed by atoms with E-state index in [1.807, 2.05) is 31.2 Å². The van der Waals surface area contributed by atoms with Crippen molar-refractivity contribution in [1.82, 2.24) is 4.72 Å². The highest BCUT2D eigenvalue weighted by Crippen LogP contribution is 2.21. The Morgan fingerprint density at radius 2 is 1.32 bits per heavy atom. The molecule has 0 fully saturated rings. The Bertz CT molecular complexity index is 776. The molecule has 1 N–H and O–H groups in total. The van der Waals surface area contributed by atoms with E-state index in [9.17, 15) is 8.42 Å². The zero-order chi connectivity index (χ0) is 18.6. The van der Waals surface area contributed by atoms with Crippen molar-refractivity contribution in [2.45, 2.75) is 57.9 Å². The highest BCUT2D eigenvalue weighted by atomic mass is 32.2. The van der Waals surface area contributed by atoms with Crippen molar-refractivity contribution in [2.24, 2.45) is 5.92 Å². The quantitative estimate of drug-likeness (QED) is 0.752. The van der Waals surface area contributed by atoms with Crippen molar-refractivity contribution in [3.63, 3.8) is 0 Å². The van der Waals surface area contributed by atoms with Gasteiger partial charge < -0.3 is 0 Å². The molecule has 0 spiro atoms. The predicted octanol–water partition coefficient (Wildman–Crippen LogP) is 5.05. The molecule has 2 aromatic carbocycles. The molecule has 136 valence electrons. The first-order valence-corrected chi connectivity index (χ1v) is 10.4. The molecule has 0 amide bonds. The van der Waals surface area contributed by atoms with Crippen molar-refractivity contribution >= 4 is 10.0 Å². The van der Waals surface area contributed by atoms with Gasteiger partial charge in [-0.2, -0.15) is 0 Å². The summed E-state index contributed by atoms with van der Waals surface area (Å²) < 4.78 is 28.0. The summed E-state index contributed by atoms with van der Waals surface area (Å²) in [5, 5.41) is 0. The molecule has 2 aromatic rings. The van der Waals surface area contributed by atoms with Crippen LogP contribution in [0.1, 0.15) is 63.3 Å². The average molecular weight is 360 g/mol. The fourth-order valence-electron chi connectivity index (χ4n) is 2.81. The van der Waals surface area contributed by atoms with Crippen LogP contribution in [0, 0.1) is 5.92 Å². The van der Waals surface area contributed by atoms with Crippen LogP contribution in [0.15, 0.2) is 53.4 Å². The van der Waals surface area contributed by atoms with Crippen LogP contribution in [0.5, 0.6) is 0 Å². The zero-order valence-electron chi connectivity index (χ0n) is 15.8. The molecule has 0 aliphatic heterocycles. The zero-order valence-corrected chi connectivity index (χ0v) is 16.6. The average Bonchev–Trinajstić information content (AvgIpc) is 2.54. The van der Waals surface area contributed by atoms with Gasteiger partial charge in [-0.15, -0.1) is 0 Å². The van der Waals surface area contributed by atoms with Gasteiger partial charge in [0.05, 0.1) is 4.90 Å². The van der Waals surface area contributed by atoms with Crippen molar-refractivity contribution < 1.29 is 8.42 Å². The van der Waals surface area contributed by atoms with Crippen LogP contribution in [-0.4, -0.2) is 8.42 Å². The Morgan fingerprint density at radius 3 is 1.80 bits per heavy atom. The van der Waals surface area contributed by atoms with Crippen LogP contribution < -0.4 is 4.72 Å². The van der Waals surface area contributed by atoms with Gasteiger partial charge in [-0.25, -0.2) is 13.1 Å². The predicted molar refractivity (Wildman–Crippen MR) is 104 cm³/mol. The third kappa shape index (κ3) is 5.41. The maximum absolute atomic E-state index is 12.6. The second-order valence-corrected chi connectivity index (χ2v) is 9.12. The lowest BCUT2D eigenvalue weighted by Crippen LogP contribution is -2.26. The van der Waals surface area contributed by atoms with E-state index in [1.165, 1.54) is 5.56 Å². The first kappa shape index (κ1) is 19.7. The Hall–Kier alpha value is -1.65. The van der Waals surface area contributed by atoms with Crippen LogP contribution in [0.25, 0.3) is 0 Å². The molecule has 0 aliphatic rings. The number of benzene rings is 2. The topological polar surface area (TPSA) is 46.2 Å². The highest BCUT2D eigenvalue weighted by molar-refractivity contribution is 7.89. The molecule has 2 rings (SSSR count). The lowest BCUT2D eigenvalue weighted by Gasteiger charge is -2.16. The summed E-state index contributed by atoms with van der Waals surface area (Å²) in [5.74, 6) is 1.01. The molecule has 1 unspecified atom stereocenters. The van der Waals surface area contributed by atoms with Gasteiger partial charge in [-0.1, -0.05) is 64.1 Å². The number of sulfonamides is 1. The number of hydrogen-bond donors (Lipinski definition) is 1. The first-order valence-electron chi connectivity index (χ1n) is 8.90. The normalized spacial score (nSPS) is 13.4. The minimum atomic E-state index is -3.53. The SMILES string of the molecule is CC(C)Cc1ccc(S(=O)(=O)NC(C)c2ccc(C(C)C)cc2)cc1. The van der Waals surface area contributed by atoms with Gasteiger partial charge in [0.25, 0.3) is 0 Å². The Kier molecular flexibility index (Phi) is 6.42. The van der Waals surface area contributed by atoms with E-state index in [4.69, 9.17) is 0 Å². The summed E-state index contributed by atoms with van der Waals surface area (Å²) in [6, 6.07) is 15.0. The molecule has 25 heavy (non-hydrogen) atoms. The summed E-state index contributed by atoms with van der Waals surface area (Å²) in [4.78, 5) is 0.311. The molecule has 4 heteroatoms. The van der Waals surface area contributed by atoms with E-state index in [2.05, 4.69) is 44.5 Å². The Balaban J connectivity index is 2.11. The van der Waals surface area contributed by atoms with E-state index in [0.717, 1.165) is 17.5 Å². The number of hydrogen-bond acceptors (Lipinski definition) is 2. The number of rotatable bonds is 7. The second kappa shape index (κ2) is 8.15. The fourth-order valence-corrected chi connectivity index (χ4v) is 4.05. The molecular formula is C21H29NO2S. The highest BCUT2D eigenvalue weighted by Gasteiger charge is 2.18. The van der Waals surface area contributed by atoms with E-state index >= 15 is 0 Å². The largest absolute Gasteiger partial charge is 0.241 e. The Morgan fingerprint density at radius 1 is 0.800 bits per heavy atom. The molecule has 0 aromatic heterocycles. The first-order chi connectivity index (χ1) is 11.7. The van der Waals surface area contributed by atoms with Crippen LogP contribution in [0.4, 0.5) is 0 Å². The van der Waals surface area contributed by atoms with E-state index < -0.39 is 10.0 Å². The van der Waals surface area contributed by atoms with Crippen molar-refractivity contribution in [2.75, 3.05) is 0 Å². The van der Waals surface area contributed by atoms with Gasteiger partial charge in [0.15, 0.2) is 0 Å². The van der Waals surface area contributed by atoms with Crippen molar-refractivity contribution in [3.8, 4) is 0 Å². The van der Waals surface area contributed by atoms with Crippen LogP contribution in [0.3, 0.4) is 0 Å². The lowest BCUT2D eigenvalue weighted by molar-refractivity contribution is 0.567. The van der Waals surface area contributed by atoms with E-state index in [-0.39, 0.29) is 6.04 Å². The summed E-state index contributed by atoms with van der Waals surface area (Å²) >= 11 is 0. The monoisotopic (exact) mass is 359 g/mol. The third-order valence-electron chi connectivity index (χ3n) is 4.31. The van der Waals surface area contributed by atoms with Crippen molar-refractivity contribution in [3.05, 3.63) is 65.2 Å². The maximum Gasteiger partial charge on any atom is 0.241 e. The molecule has 1 atom stereocenters. The van der Waals surface area contributed by atoms with Crippen molar-refractivity contribution in [1.29, 1.82) is 0 Å². The van der Waals surface area contributed by atoms with E-state index in [1.54, 1.807) is 12.1 Å².